The maximum absolute atomic E-state index is 12.9. The maximum atomic E-state index is 12.9. The van der Waals surface area contributed by atoms with Gasteiger partial charge in [-0.25, -0.2) is 4.98 Å². The summed E-state index contributed by atoms with van der Waals surface area (Å²) in [7, 11) is 0. The van der Waals surface area contributed by atoms with Crippen LogP contribution in [0.15, 0.2) is 42.7 Å². The summed E-state index contributed by atoms with van der Waals surface area (Å²) in [5.41, 5.74) is 9.07. The minimum Gasteiger partial charge on any atom is -0.443 e. The number of nitrogens with zero attached hydrogens (tertiary/aromatic N) is 2. The largest absolute Gasteiger partial charge is 0.443 e. The predicted octanol–water partition coefficient (Wildman–Crippen LogP) is 4.99. The van der Waals surface area contributed by atoms with Crippen LogP contribution in [-0.2, 0) is 22.7 Å². The third kappa shape index (κ3) is 4.98. The van der Waals surface area contributed by atoms with E-state index in [2.05, 4.69) is 36.3 Å². The number of nitrogens with two attached hydrogens (primary N) is 1. The van der Waals surface area contributed by atoms with Gasteiger partial charge in [-0.3, -0.25) is 14.2 Å². The van der Waals surface area contributed by atoms with Gasteiger partial charge in [0.15, 0.2) is 6.73 Å². The van der Waals surface area contributed by atoms with E-state index in [9.17, 15) is 14.7 Å². The molecule has 4 aliphatic carbocycles. The Bertz CT molecular complexity index is 1410. The van der Waals surface area contributed by atoms with E-state index in [0.717, 1.165) is 49.5 Å². The number of nitrogens with one attached hydrogen (secondary N) is 1. The predicted molar refractivity (Wildman–Crippen MR) is 154 cm³/mol. The molecule has 1 aromatic carbocycles. The smallest absolute Gasteiger partial charge is 0.314 e. The van der Waals surface area contributed by atoms with Crippen LogP contribution < -0.4 is 11.1 Å². The normalized spacial score (nSPS) is 27.7. The minimum atomic E-state index is -0.535. The van der Waals surface area contributed by atoms with Crippen LogP contribution in [0.25, 0.3) is 11.0 Å². The van der Waals surface area contributed by atoms with Crippen molar-refractivity contribution in [3.05, 3.63) is 59.4 Å². The van der Waals surface area contributed by atoms with E-state index in [4.69, 9.17) is 10.5 Å². The maximum Gasteiger partial charge on any atom is 0.314 e. The average Bonchev–Trinajstić information content (AvgIpc) is 3.31. The number of primary amides is 1. The number of anilines is 1. The van der Waals surface area contributed by atoms with E-state index in [1.165, 1.54) is 11.8 Å². The van der Waals surface area contributed by atoms with Crippen molar-refractivity contribution < 1.29 is 19.4 Å². The molecule has 8 nitrogen and oxygen atoms in total. The number of hydrogen-bond acceptors (Lipinski definition) is 6. The van der Waals surface area contributed by atoms with Crippen LogP contribution in [0.2, 0.25) is 0 Å². The SMILES string of the molecule is CC(C)Cc1ccc(C(C)C(=O)OCn2ccc3c(NC4C5CC6CC4CC(O)(C6)C5)c(C(N)=O)cnc32)cc1. The Kier molecular flexibility index (Phi) is 6.85. The van der Waals surface area contributed by atoms with Crippen molar-refractivity contribution in [3.63, 3.8) is 0 Å². The third-order valence-corrected chi connectivity index (χ3v) is 9.43. The first-order chi connectivity index (χ1) is 19.1. The Morgan fingerprint density at radius 1 is 1.12 bits per heavy atom. The Labute approximate surface area is 235 Å². The number of pyridine rings is 1. The van der Waals surface area contributed by atoms with Gasteiger partial charge in [0.25, 0.3) is 5.91 Å². The number of aliphatic hydroxyl groups is 1. The number of carbonyl (C=O) groups is 2. The van der Waals surface area contributed by atoms with Crippen LogP contribution in [0.1, 0.15) is 80.3 Å². The number of rotatable bonds is 9. The van der Waals surface area contributed by atoms with Gasteiger partial charge >= 0.3 is 5.97 Å². The Morgan fingerprint density at radius 2 is 1.82 bits per heavy atom. The molecule has 4 N–H and O–H groups in total. The highest BCUT2D eigenvalue weighted by Gasteiger charge is 2.54. The fourth-order valence-corrected chi connectivity index (χ4v) is 7.78. The molecule has 3 atom stereocenters. The molecule has 212 valence electrons. The van der Waals surface area contributed by atoms with Crippen LogP contribution >= 0.6 is 0 Å². The van der Waals surface area contributed by atoms with Gasteiger partial charge in [-0.05, 0) is 86.3 Å². The summed E-state index contributed by atoms with van der Waals surface area (Å²) >= 11 is 0. The van der Waals surface area contributed by atoms with Gasteiger partial charge in [-0.2, -0.15) is 0 Å². The fourth-order valence-electron chi connectivity index (χ4n) is 7.78. The molecular formula is C32H40N4O4. The highest BCUT2D eigenvalue weighted by atomic mass is 16.5. The molecule has 4 saturated carbocycles. The van der Waals surface area contributed by atoms with Crippen molar-refractivity contribution in [3.8, 4) is 0 Å². The van der Waals surface area contributed by atoms with Gasteiger partial charge in [0.05, 0.1) is 22.8 Å². The summed E-state index contributed by atoms with van der Waals surface area (Å²) in [6.45, 7) is 6.25. The number of aromatic nitrogens is 2. The lowest BCUT2D eigenvalue weighted by atomic mass is 9.52. The van der Waals surface area contributed by atoms with E-state index >= 15 is 0 Å². The van der Waals surface area contributed by atoms with Crippen molar-refractivity contribution in [2.45, 2.75) is 83.6 Å². The molecule has 3 unspecified atom stereocenters. The molecule has 0 saturated heterocycles. The zero-order valence-corrected chi connectivity index (χ0v) is 23.6. The molecule has 7 rings (SSSR count). The molecule has 1 amide bonds. The van der Waals surface area contributed by atoms with Crippen molar-refractivity contribution >= 4 is 28.6 Å². The molecule has 4 bridgehead atoms. The Balaban J connectivity index is 1.19. The molecule has 3 aromatic rings. The van der Waals surface area contributed by atoms with E-state index < -0.39 is 17.4 Å². The molecular weight excluding hydrogens is 504 g/mol. The number of esters is 1. The summed E-state index contributed by atoms with van der Waals surface area (Å²) < 4.78 is 7.48. The monoisotopic (exact) mass is 544 g/mol. The molecule has 0 radical (unpaired) electrons. The number of fused-ring (bicyclic) bond motifs is 1. The highest BCUT2D eigenvalue weighted by Crippen LogP contribution is 2.56. The van der Waals surface area contributed by atoms with Gasteiger partial charge in [0, 0.05) is 23.8 Å². The van der Waals surface area contributed by atoms with Gasteiger partial charge in [-0.1, -0.05) is 38.1 Å². The number of carbonyl (C=O) groups excluding carboxylic acids is 2. The van der Waals surface area contributed by atoms with Gasteiger partial charge in [-0.15, -0.1) is 0 Å². The average molecular weight is 545 g/mol. The second-order valence-electron chi connectivity index (χ2n) is 13.0. The summed E-state index contributed by atoms with van der Waals surface area (Å²) in [4.78, 5) is 29.8. The number of ether oxygens (including phenoxy) is 1. The minimum absolute atomic E-state index is 0.0177. The van der Waals surface area contributed by atoms with E-state index in [-0.39, 0.29) is 18.7 Å². The molecule has 2 heterocycles. The van der Waals surface area contributed by atoms with Crippen molar-refractivity contribution in [1.82, 2.24) is 9.55 Å². The number of amides is 1. The third-order valence-electron chi connectivity index (χ3n) is 9.43. The van der Waals surface area contributed by atoms with Crippen molar-refractivity contribution in [2.75, 3.05) is 5.32 Å². The summed E-state index contributed by atoms with van der Waals surface area (Å²) in [6.07, 6.45) is 9.07. The Hall–Kier alpha value is -3.39. The molecule has 2 aromatic heterocycles. The Morgan fingerprint density at radius 3 is 2.45 bits per heavy atom. The summed E-state index contributed by atoms with van der Waals surface area (Å²) in [5, 5.41) is 15.5. The number of hydrogen-bond donors (Lipinski definition) is 3. The van der Waals surface area contributed by atoms with Gasteiger partial charge in [0.2, 0.25) is 0 Å². The lowest BCUT2D eigenvalue weighted by Gasteiger charge is -2.58. The summed E-state index contributed by atoms with van der Waals surface area (Å²) in [5.74, 6) is 0.656. The molecule has 40 heavy (non-hydrogen) atoms. The molecule has 0 spiro atoms. The quantitative estimate of drug-likeness (QED) is 0.327. The first-order valence-corrected chi connectivity index (χ1v) is 14.6. The zero-order chi connectivity index (χ0) is 28.2. The van der Waals surface area contributed by atoms with Crippen molar-refractivity contribution in [1.29, 1.82) is 0 Å². The number of benzene rings is 1. The van der Waals surface area contributed by atoms with E-state index in [0.29, 0.717) is 40.6 Å². The van der Waals surface area contributed by atoms with Crippen molar-refractivity contribution in [2.24, 2.45) is 29.4 Å². The van der Waals surface area contributed by atoms with Gasteiger partial charge in [0.1, 0.15) is 5.65 Å². The molecule has 4 aliphatic rings. The second kappa shape index (κ2) is 10.2. The first-order valence-electron chi connectivity index (χ1n) is 14.6. The second-order valence-corrected chi connectivity index (χ2v) is 13.0. The molecule has 4 fully saturated rings. The van der Waals surface area contributed by atoms with Gasteiger partial charge < -0.3 is 20.9 Å². The fraction of sp³-hybridized carbons (Fsp3) is 0.531. The zero-order valence-electron chi connectivity index (χ0n) is 23.6. The van der Waals surface area contributed by atoms with Crippen LogP contribution in [-0.4, -0.2) is 38.2 Å². The topological polar surface area (TPSA) is 119 Å². The van der Waals surface area contributed by atoms with Crippen LogP contribution in [0.5, 0.6) is 0 Å². The van der Waals surface area contributed by atoms with Crippen LogP contribution in [0.3, 0.4) is 0 Å². The molecule has 8 heteroatoms. The lowest BCUT2D eigenvalue weighted by Crippen LogP contribution is -2.59. The standard InChI is InChI=1S/C32H40N4O4/c1-18(2)10-20-4-6-22(7-5-20)19(3)31(38)40-17-36-9-8-25-28(26(29(33)37)16-34-30(25)36)35-27-23-11-21-12-24(27)15-32(39,13-21)14-23/h4-9,16,18-19,21,23-24,27,39H,10-15,17H2,1-3H3,(H2,33,37)(H,34,35). The lowest BCUT2D eigenvalue weighted by molar-refractivity contribution is -0.148. The summed E-state index contributed by atoms with van der Waals surface area (Å²) in [6, 6.07) is 10.2. The van der Waals surface area contributed by atoms with E-state index in [1.54, 1.807) is 4.57 Å². The van der Waals surface area contributed by atoms with Crippen LogP contribution in [0, 0.1) is 23.7 Å². The first kappa shape index (κ1) is 26.8. The highest BCUT2D eigenvalue weighted by molar-refractivity contribution is 6.06. The van der Waals surface area contributed by atoms with E-state index in [1.807, 2.05) is 31.3 Å². The molecule has 0 aliphatic heterocycles. The van der Waals surface area contributed by atoms with Crippen LogP contribution in [0.4, 0.5) is 5.69 Å².